The van der Waals surface area contributed by atoms with Gasteiger partial charge in [0, 0.05) is 0 Å². The number of hydrogen-bond acceptors (Lipinski definition) is 1. The van der Waals surface area contributed by atoms with Crippen LogP contribution in [0, 0.1) is 23.2 Å². The second-order valence-electron chi connectivity index (χ2n) is 4.84. The molecule has 0 amide bonds. The predicted molar refractivity (Wildman–Crippen MR) is 61.5 cm³/mol. The molecule has 0 fully saturated rings. The number of benzene rings is 1. The fourth-order valence-electron chi connectivity index (χ4n) is 2.42. The number of fused-ring (bicyclic) bond motifs is 1. The zero-order chi connectivity index (χ0) is 10.8. The first-order chi connectivity index (χ1) is 7.20. The van der Waals surface area contributed by atoms with Crippen LogP contribution in [0.1, 0.15) is 37.0 Å². The molecule has 1 aromatic rings. The Morgan fingerprint density at radius 1 is 1.33 bits per heavy atom. The van der Waals surface area contributed by atoms with Crippen molar-refractivity contribution in [3.05, 3.63) is 34.9 Å². The molecule has 1 heteroatoms. The molecule has 78 valence electrons. The third-order valence-corrected chi connectivity index (χ3v) is 3.54. The molecule has 15 heavy (non-hydrogen) atoms. The van der Waals surface area contributed by atoms with Gasteiger partial charge in [0.2, 0.25) is 0 Å². The lowest BCUT2D eigenvalue weighted by Crippen LogP contribution is -2.19. The molecule has 1 aliphatic carbocycles. The van der Waals surface area contributed by atoms with E-state index in [1.807, 2.05) is 6.07 Å². The highest BCUT2D eigenvalue weighted by Crippen LogP contribution is 2.30. The van der Waals surface area contributed by atoms with Gasteiger partial charge >= 0.3 is 0 Å². The van der Waals surface area contributed by atoms with Crippen LogP contribution in [0.5, 0.6) is 0 Å². The summed E-state index contributed by atoms with van der Waals surface area (Å²) in [6, 6.07) is 8.36. The summed E-state index contributed by atoms with van der Waals surface area (Å²) in [5.74, 6) is 1.60. The maximum Gasteiger partial charge on any atom is 0.0991 e. The van der Waals surface area contributed by atoms with Gasteiger partial charge in [-0.3, -0.25) is 0 Å². The predicted octanol–water partition coefficient (Wildman–Crippen LogP) is 3.32. The van der Waals surface area contributed by atoms with E-state index in [9.17, 15) is 0 Å². The van der Waals surface area contributed by atoms with E-state index < -0.39 is 0 Å². The van der Waals surface area contributed by atoms with Crippen molar-refractivity contribution in [2.45, 2.75) is 33.1 Å². The molecular formula is C14H17N. The van der Waals surface area contributed by atoms with Gasteiger partial charge in [0.15, 0.2) is 0 Å². The lowest BCUT2D eigenvalue weighted by Gasteiger charge is -2.27. The first kappa shape index (κ1) is 10.2. The van der Waals surface area contributed by atoms with Crippen LogP contribution in [0.15, 0.2) is 18.2 Å². The topological polar surface area (TPSA) is 23.8 Å². The Morgan fingerprint density at radius 3 is 2.80 bits per heavy atom. The summed E-state index contributed by atoms with van der Waals surface area (Å²) in [5, 5.41) is 8.83. The fraction of sp³-hybridized carbons (Fsp3) is 0.500. The largest absolute Gasteiger partial charge is 0.192 e. The van der Waals surface area contributed by atoms with E-state index in [1.165, 1.54) is 24.0 Å². The molecule has 0 N–H and O–H groups in total. The van der Waals surface area contributed by atoms with Gasteiger partial charge in [0.1, 0.15) is 0 Å². The summed E-state index contributed by atoms with van der Waals surface area (Å²) in [6.07, 6.45) is 3.62. The minimum Gasteiger partial charge on any atom is -0.192 e. The second-order valence-corrected chi connectivity index (χ2v) is 4.84. The standard InChI is InChI=1S/C14H17N/c1-10(2)12-5-6-13-7-11(9-15)3-4-14(13)8-12/h3-4,7,10,12H,5-6,8H2,1-2H3. The van der Waals surface area contributed by atoms with Crippen molar-refractivity contribution < 1.29 is 0 Å². The van der Waals surface area contributed by atoms with Gasteiger partial charge in [0.25, 0.3) is 0 Å². The van der Waals surface area contributed by atoms with Gasteiger partial charge in [-0.15, -0.1) is 0 Å². The molecule has 0 aliphatic heterocycles. The van der Waals surface area contributed by atoms with Gasteiger partial charge in [-0.1, -0.05) is 19.9 Å². The molecule has 1 nitrogen and oxygen atoms in total. The van der Waals surface area contributed by atoms with Gasteiger partial charge in [-0.2, -0.15) is 5.26 Å². The molecule has 0 heterocycles. The average Bonchev–Trinajstić information content (AvgIpc) is 2.27. The first-order valence-electron chi connectivity index (χ1n) is 5.72. The van der Waals surface area contributed by atoms with Gasteiger partial charge in [-0.05, 0) is 54.4 Å². The lowest BCUT2D eigenvalue weighted by atomic mass is 9.78. The summed E-state index contributed by atoms with van der Waals surface area (Å²) in [4.78, 5) is 0. The molecule has 0 saturated heterocycles. The highest BCUT2D eigenvalue weighted by molar-refractivity contribution is 5.39. The molecule has 1 atom stereocenters. The number of nitriles is 1. The van der Waals surface area contributed by atoms with E-state index in [2.05, 4.69) is 32.0 Å². The number of aryl methyl sites for hydroxylation is 1. The van der Waals surface area contributed by atoms with Crippen molar-refractivity contribution in [3.8, 4) is 6.07 Å². The molecule has 0 saturated carbocycles. The van der Waals surface area contributed by atoms with Crippen LogP contribution in [-0.2, 0) is 12.8 Å². The Hall–Kier alpha value is -1.29. The highest BCUT2D eigenvalue weighted by Gasteiger charge is 2.20. The van der Waals surface area contributed by atoms with Crippen LogP contribution in [-0.4, -0.2) is 0 Å². The molecule has 1 unspecified atom stereocenters. The zero-order valence-electron chi connectivity index (χ0n) is 9.46. The van der Waals surface area contributed by atoms with E-state index in [1.54, 1.807) is 0 Å². The third-order valence-electron chi connectivity index (χ3n) is 3.54. The fourth-order valence-corrected chi connectivity index (χ4v) is 2.42. The lowest BCUT2D eigenvalue weighted by molar-refractivity contribution is 0.343. The summed E-state index contributed by atoms with van der Waals surface area (Å²) in [6.45, 7) is 4.61. The van der Waals surface area contributed by atoms with Crippen molar-refractivity contribution in [1.82, 2.24) is 0 Å². The first-order valence-corrected chi connectivity index (χ1v) is 5.72. The Kier molecular flexibility index (Phi) is 2.77. The average molecular weight is 199 g/mol. The Balaban J connectivity index is 2.25. The van der Waals surface area contributed by atoms with Crippen molar-refractivity contribution in [2.75, 3.05) is 0 Å². The Bertz CT molecular complexity index is 398. The smallest absolute Gasteiger partial charge is 0.0991 e. The molecule has 1 aliphatic rings. The van der Waals surface area contributed by atoms with Gasteiger partial charge < -0.3 is 0 Å². The normalized spacial score (nSPS) is 19.7. The summed E-state index contributed by atoms with van der Waals surface area (Å²) in [5.41, 5.74) is 3.65. The van der Waals surface area contributed by atoms with E-state index in [0.717, 1.165) is 23.8 Å². The monoisotopic (exact) mass is 199 g/mol. The van der Waals surface area contributed by atoms with Crippen LogP contribution < -0.4 is 0 Å². The van der Waals surface area contributed by atoms with E-state index in [4.69, 9.17) is 5.26 Å². The SMILES string of the molecule is CC(C)C1CCc2cc(C#N)ccc2C1. The Morgan fingerprint density at radius 2 is 2.13 bits per heavy atom. The summed E-state index contributed by atoms with van der Waals surface area (Å²) < 4.78 is 0. The maximum atomic E-state index is 8.83. The highest BCUT2D eigenvalue weighted by atomic mass is 14.3. The summed E-state index contributed by atoms with van der Waals surface area (Å²) in [7, 11) is 0. The van der Waals surface area contributed by atoms with Crippen molar-refractivity contribution in [1.29, 1.82) is 5.26 Å². The van der Waals surface area contributed by atoms with Crippen molar-refractivity contribution in [2.24, 2.45) is 11.8 Å². The van der Waals surface area contributed by atoms with Crippen LogP contribution in [0.4, 0.5) is 0 Å². The van der Waals surface area contributed by atoms with Crippen LogP contribution in [0.25, 0.3) is 0 Å². The Labute approximate surface area is 91.7 Å². The molecule has 1 aromatic carbocycles. The number of nitrogens with zero attached hydrogens (tertiary/aromatic N) is 1. The third kappa shape index (κ3) is 2.04. The van der Waals surface area contributed by atoms with Gasteiger partial charge in [0.05, 0.1) is 11.6 Å². The van der Waals surface area contributed by atoms with E-state index in [-0.39, 0.29) is 0 Å². The summed E-state index contributed by atoms with van der Waals surface area (Å²) >= 11 is 0. The molecule has 0 bridgehead atoms. The van der Waals surface area contributed by atoms with Crippen LogP contribution >= 0.6 is 0 Å². The van der Waals surface area contributed by atoms with Crippen LogP contribution in [0.2, 0.25) is 0 Å². The molecular weight excluding hydrogens is 182 g/mol. The molecule has 0 spiro atoms. The minimum atomic E-state index is 0.772. The van der Waals surface area contributed by atoms with Gasteiger partial charge in [-0.25, -0.2) is 0 Å². The maximum absolute atomic E-state index is 8.83. The number of rotatable bonds is 1. The second kappa shape index (κ2) is 4.06. The molecule has 0 aromatic heterocycles. The van der Waals surface area contributed by atoms with Crippen LogP contribution in [0.3, 0.4) is 0 Å². The molecule has 2 rings (SSSR count). The van der Waals surface area contributed by atoms with E-state index in [0.29, 0.717) is 0 Å². The quantitative estimate of drug-likeness (QED) is 0.680. The molecule has 0 radical (unpaired) electrons. The van der Waals surface area contributed by atoms with Crippen molar-refractivity contribution >= 4 is 0 Å². The van der Waals surface area contributed by atoms with E-state index >= 15 is 0 Å². The zero-order valence-corrected chi connectivity index (χ0v) is 9.46. The minimum absolute atomic E-state index is 0.772. The van der Waals surface area contributed by atoms with Crippen molar-refractivity contribution in [3.63, 3.8) is 0 Å². The number of hydrogen-bond donors (Lipinski definition) is 0.